The van der Waals surface area contributed by atoms with Gasteiger partial charge in [-0.05, 0) is 18.4 Å². The summed E-state index contributed by atoms with van der Waals surface area (Å²) in [4.78, 5) is 25.7. The number of rotatable bonds is 9. The number of nitrogens with two attached hydrogens (primary N) is 1. The first-order valence-electron chi connectivity index (χ1n) is 8.27. The number of halogens is 1. The van der Waals surface area contributed by atoms with Crippen LogP contribution in [-0.4, -0.2) is 35.3 Å². The summed E-state index contributed by atoms with van der Waals surface area (Å²) in [6.07, 6.45) is 1.88. The summed E-state index contributed by atoms with van der Waals surface area (Å²) in [6, 6.07) is 9.78. The Morgan fingerprint density at radius 2 is 1.75 bits per heavy atom. The van der Waals surface area contributed by atoms with Crippen LogP contribution in [0.4, 0.5) is 0 Å². The molecule has 5 nitrogen and oxygen atoms in total. The van der Waals surface area contributed by atoms with Gasteiger partial charge in [-0.1, -0.05) is 44.2 Å². The van der Waals surface area contributed by atoms with Crippen molar-refractivity contribution in [2.45, 2.75) is 52.1 Å². The maximum absolute atomic E-state index is 12.2. The Kier molecular flexibility index (Phi) is 10.3. The lowest BCUT2D eigenvalue weighted by molar-refractivity contribution is -0.130. The van der Waals surface area contributed by atoms with Crippen molar-refractivity contribution >= 4 is 24.2 Å². The normalized spacial score (nSPS) is 10.7. The molecule has 0 spiro atoms. The molecule has 1 aromatic carbocycles. The molecule has 0 heterocycles. The zero-order chi connectivity index (χ0) is 17.3. The van der Waals surface area contributed by atoms with Crippen LogP contribution in [-0.2, 0) is 16.1 Å². The minimum absolute atomic E-state index is 0. The van der Waals surface area contributed by atoms with Gasteiger partial charge in [-0.15, -0.1) is 12.4 Å². The van der Waals surface area contributed by atoms with Crippen molar-refractivity contribution in [3.05, 3.63) is 35.9 Å². The molecule has 6 heteroatoms. The van der Waals surface area contributed by atoms with E-state index in [1.807, 2.05) is 44.2 Å². The molecule has 0 atom stereocenters. The Balaban J connectivity index is 0.00000529. The smallest absolute Gasteiger partial charge is 0.222 e. The number of hydrogen-bond donors (Lipinski definition) is 2. The number of nitrogens with one attached hydrogen (secondary N) is 1. The average Bonchev–Trinajstić information content (AvgIpc) is 2.57. The SMILES string of the molecule is CCC(CC)(CN)NC(=O)CCN(Cc1ccccc1)C(C)=O.Cl. The molecule has 3 N–H and O–H groups in total. The molecule has 0 aliphatic rings. The largest absolute Gasteiger partial charge is 0.349 e. The van der Waals surface area contributed by atoms with Crippen LogP contribution >= 0.6 is 12.4 Å². The molecule has 0 saturated carbocycles. The number of nitrogens with zero attached hydrogens (tertiary/aromatic N) is 1. The second-order valence-corrected chi connectivity index (χ2v) is 5.92. The highest BCUT2D eigenvalue weighted by atomic mass is 35.5. The van der Waals surface area contributed by atoms with E-state index in [9.17, 15) is 9.59 Å². The lowest BCUT2D eigenvalue weighted by Crippen LogP contribution is -2.53. The lowest BCUT2D eigenvalue weighted by atomic mass is 9.93. The highest BCUT2D eigenvalue weighted by Crippen LogP contribution is 2.13. The molecule has 0 aliphatic heterocycles. The van der Waals surface area contributed by atoms with Gasteiger partial charge in [0.15, 0.2) is 0 Å². The first-order chi connectivity index (χ1) is 11.0. The van der Waals surface area contributed by atoms with E-state index in [0.29, 0.717) is 19.6 Å². The first-order valence-corrected chi connectivity index (χ1v) is 8.27. The second kappa shape index (κ2) is 11.0. The minimum atomic E-state index is -0.336. The van der Waals surface area contributed by atoms with Gasteiger partial charge in [0.2, 0.25) is 11.8 Å². The molecule has 0 bridgehead atoms. The summed E-state index contributed by atoms with van der Waals surface area (Å²) in [7, 11) is 0. The quantitative estimate of drug-likeness (QED) is 0.714. The van der Waals surface area contributed by atoms with Gasteiger partial charge < -0.3 is 16.0 Å². The van der Waals surface area contributed by atoms with E-state index in [4.69, 9.17) is 5.73 Å². The summed E-state index contributed by atoms with van der Waals surface area (Å²) >= 11 is 0. The molecule has 0 radical (unpaired) electrons. The topological polar surface area (TPSA) is 75.4 Å². The van der Waals surface area contributed by atoms with E-state index in [1.165, 1.54) is 6.92 Å². The van der Waals surface area contributed by atoms with Gasteiger partial charge in [-0.2, -0.15) is 0 Å². The van der Waals surface area contributed by atoms with Crippen LogP contribution in [0.25, 0.3) is 0 Å². The second-order valence-electron chi connectivity index (χ2n) is 5.92. The Hall–Kier alpha value is -1.59. The number of hydrogen-bond acceptors (Lipinski definition) is 3. The number of amides is 2. The molecule has 2 amide bonds. The molecular weight excluding hydrogens is 326 g/mol. The van der Waals surface area contributed by atoms with E-state index in [0.717, 1.165) is 18.4 Å². The molecule has 136 valence electrons. The zero-order valence-corrected chi connectivity index (χ0v) is 15.7. The highest BCUT2D eigenvalue weighted by Gasteiger charge is 2.26. The van der Waals surface area contributed by atoms with Gasteiger partial charge in [0.1, 0.15) is 0 Å². The molecule has 0 fully saturated rings. The standard InChI is InChI=1S/C18H29N3O2.ClH/c1-4-18(5-2,14-19)20-17(23)11-12-21(15(3)22)13-16-9-7-6-8-10-16;/h6-10H,4-5,11-14,19H2,1-3H3,(H,20,23);1H. The third kappa shape index (κ3) is 6.89. The van der Waals surface area contributed by atoms with Crippen molar-refractivity contribution in [2.24, 2.45) is 5.73 Å². The summed E-state index contributed by atoms with van der Waals surface area (Å²) in [5.41, 5.74) is 6.53. The fourth-order valence-electron chi connectivity index (χ4n) is 2.51. The van der Waals surface area contributed by atoms with Gasteiger partial charge in [-0.3, -0.25) is 9.59 Å². The van der Waals surface area contributed by atoms with Crippen molar-refractivity contribution < 1.29 is 9.59 Å². The van der Waals surface area contributed by atoms with Crippen LogP contribution in [0.2, 0.25) is 0 Å². The highest BCUT2D eigenvalue weighted by molar-refractivity contribution is 5.85. The Bertz CT molecular complexity index is 496. The maximum Gasteiger partial charge on any atom is 0.222 e. The predicted molar refractivity (Wildman–Crippen MR) is 99.9 cm³/mol. The summed E-state index contributed by atoms with van der Waals surface area (Å²) in [5.74, 6) is -0.0869. The Labute approximate surface area is 151 Å². The molecule has 0 aromatic heterocycles. The molecule has 0 aliphatic carbocycles. The number of carbonyl (C=O) groups excluding carboxylic acids is 2. The van der Waals surface area contributed by atoms with Gasteiger partial charge in [-0.25, -0.2) is 0 Å². The Morgan fingerprint density at radius 1 is 1.17 bits per heavy atom. The average molecular weight is 356 g/mol. The van der Waals surface area contributed by atoms with Crippen LogP contribution in [0, 0.1) is 0 Å². The monoisotopic (exact) mass is 355 g/mol. The molecule has 24 heavy (non-hydrogen) atoms. The van der Waals surface area contributed by atoms with Gasteiger partial charge in [0, 0.05) is 33.0 Å². The summed E-state index contributed by atoms with van der Waals surface area (Å²) < 4.78 is 0. The van der Waals surface area contributed by atoms with Gasteiger partial charge in [0.25, 0.3) is 0 Å². The minimum Gasteiger partial charge on any atom is -0.349 e. The van der Waals surface area contributed by atoms with Crippen LogP contribution in [0.1, 0.15) is 45.6 Å². The first kappa shape index (κ1) is 22.4. The van der Waals surface area contributed by atoms with Gasteiger partial charge in [0.05, 0.1) is 5.54 Å². The van der Waals surface area contributed by atoms with Crippen molar-refractivity contribution in [3.8, 4) is 0 Å². The van der Waals surface area contributed by atoms with E-state index >= 15 is 0 Å². The molecule has 0 unspecified atom stereocenters. The van der Waals surface area contributed by atoms with E-state index in [2.05, 4.69) is 5.32 Å². The van der Waals surface area contributed by atoms with Crippen molar-refractivity contribution in [2.75, 3.05) is 13.1 Å². The van der Waals surface area contributed by atoms with Crippen molar-refractivity contribution in [1.29, 1.82) is 0 Å². The lowest BCUT2D eigenvalue weighted by Gasteiger charge is -2.32. The van der Waals surface area contributed by atoms with E-state index in [1.54, 1.807) is 4.90 Å². The fraction of sp³-hybridized carbons (Fsp3) is 0.556. The number of benzene rings is 1. The van der Waals surface area contributed by atoms with E-state index < -0.39 is 0 Å². The summed E-state index contributed by atoms with van der Waals surface area (Å²) in [6.45, 7) is 6.92. The maximum atomic E-state index is 12.2. The third-order valence-electron chi connectivity index (χ3n) is 4.42. The zero-order valence-electron chi connectivity index (χ0n) is 14.9. The fourth-order valence-corrected chi connectivity index (χ4v) is 2.51. The Morgan fingerprint density at radius 3 is 2.21 bits per heavy atom. The predicted octanol–water partition coefficient (Wildman–Crippen LogP) is 2.48. The van der Waals surface area contributed by atoms with Crippen molar-refractivity contribution in [1.82, 2.24) is 10.2 Å². The molecule has 1 aromatic rings. The van der Waals surface area contributed by atoms with Crippen LogP contribution in [0.15, 0.2) is 30.3 Å². The van der Waals surface area contributed by atoms with Crippen molar-refractivity contribution in [3.63, 3.8) is 0 Å². The van der Waals surface area contributed by atoms with Crippen LogP contribution in [0.5, 0.6) is 0 Å². The van der Waals surface area contributed by atoms with Crippen LogP contribution in [0.3, 0.4) is 0 Å². The summed E-state index contributed by atoms with van der Waals surface area (Å²) in [5, 5.41) is 3.04. The molecule has 0 saturated heterocycles. The third-order valence-corrected chi connectivity index (χ3v) is 4.42. The van der Waals surface area contributed by atoms with E-state index in [-0.39, 0.29) is 36.2 Å². The number of carbonyl (C=O) groups is 2. The van der Waals surface area contributed by atoms with Crippen LogP contribution < -0.4 is 11.1 Å². The molecule has 1 rings (SSSR count). The van der Waals surface area contributed by atoms with Gasteiger partial charge >= 0.3 is 0 Å². The molecular formula is C18H30ClN3O2.